The summed E-state index contributed by atoms with van der Waals surface area (Å²) in [5.74, 6) is -2.00. The molecule has 0 saturated carbocycles. The number of alkyl halides is 3. The number of amides is 1. The van der Waals surface area contributed by atoms with E-state index >= 15 is 0 Å². The van der Waals surface area contributed by atoms with Gasteiger partial charge in [0.1, 0.15) is 6.73 Å². The van der Waals surface area contributed by atoms with Crippen LogP contribution in [0, 0.1) is 0 Å². The molecule has 0 radical (unpaired) electrons. The Kier molecular flexibility index (Phi) is 5.40. The van der Waals surface area contributed by atoms with E-state index < -0.39 is 18.8 Å². The summed E-state index contributed by atoms with van der Waals surface area (Å²) in [7, 11) is 0. The summed E-state index contributed by atoms with van der Waals surface area (Å²) in [6.45, 7) is 0.181. The maximum absolute atomic E-state index is 11.5. The number of carbonyl (C=O) groups excluding carboxylic acids is 1. The smallest absolute Gasteiger partial charge is 0.361 e. The van der Waals surface area contributed by atoms with Crippen molar-refractivity contribution in [3.63, 3.8) is 0 Å². The van der Waals surface area contributed by atoms with Crippen LogP contribution >= 0.6 is 0 Å². The van der Waals surface area contributed by atoms with Crippen LogP contribution in [-0.4, -0.2) is 32.0 Å². The molecule has 1 amide bonds. The van der Waals surface area contributed by atoms with Gasteiger partial charge in [-0.3, -0.25) is 4.79 Å². The average Bonchev–Trinajstić information content (AvgIpc) is 2.02. The Balaban J connectivity index is 3.38. The highest BCUT2D eigenvalue weighted by atomic mass is 19.4. The predicted octanol–water partition coefficient (Wildman–Crippen LogP) is -0.0122. The van der Waals surface area contributed by atoms with Gasteiger partial charge in [0.25, 0.3) is 0 Å². The fraction of sp³-hybridized carbons (Fsp3) is 0.833. The number of rotatable bonds is 5. The first-order valence-electron chi connectivity index (χ1n) is 3.61. The molecular formula is C6H11F3N2O2. The lowest BCUT2D eigenvalue weighted by atomic mass is 10.5. The third-order valence-corrected chi connectivity index (χ3v) is 1.09. The molecule has 0 aliphatic carbocycles. The lowest BCUT2D eigenvalue weighted by Crippen LogP contribution is -2.38. The number of nitrogens with one attached hydrogen (secondary N) is 1. The monoisotopic (exact) mass is 200 g/mol. The van der Waals surface area contributed by atoms with Gasteiger partial charge >= 0.3 is 12.1 Å². The Morgan fingerprint density at radius 1 is 1.46 bits per heavy atom. The van der Waals surface area contributed by atoms with Crippen molar-refractivity contribution in [2.45, 2.75) is 12.6 Å². The number of halogens is 3. The lowest BCUT2D eigenvalue weighted by molar-refractivity contribution is -0.175. The SMILES string of the molecule is NCCCOCNC(=O)C(F)(F)F. The highest BCUT2D eigenvalue weighted by molar-refractivity contribution is 5.81. The molecule has 0 aliphatic rings. The Labute approximate surface area is 73.2 Å². The van der Waals surface area contributed by atoms with Gasteiger partial charge in [0, 0.05) is 0 Å². The number of hydrogen-bond acceptors (Lipinski definition) is 3. The molecular weight excluding hydrogens is 189 g/mol. The molecule has 0 aliphatic heterocycles. The normalized spacial score (nSPS) is 11.4. The Bertz CT molecular complexity index is 160. The molecule has 0 aromatic rings. The maximum Gasteiger partial charge on any atom is 0.471 e. The van der Waals surface area contributed by atoms with E-state index in [-0.39, 0.29) is 6.61 Å². The summed E-state index contributed by atoms with van der Waals surface area (Å²) in [6.07, 6.45) is -4.31. The fourth-order valence-corrected chi connectivity index (χ4v) is 0.474. The van der Waals surface area contributed by atoms with Crippen LogP contribution in [-0.2, 0) is 9.53 Å². The molecule has 0 aromatic heterocycles. The molecule has 0 fully saturated rings. The molecule has 0 bridgehead atoms. The van der Waals surface area contributed by atoms with Crippen LogP contribution in [0.5, 0.6) is 0 Å². The van der Waals surface area contributed by atoms with E-state index in [1.54, 1.807) is 5.32 Å². The van der Waals surface area contributed by atoms with Crippen molar-refractivity contribution >= 4 is 5.91 Å². The number of nitrogens with two attached hydrogens (primary N) is 1. The molecule has 0 rings (SSSR count). The zero-order valence-electron chi connectivity index (χ0n) is 6.86. The van der Waals surface area contributed by atoms with E-state index in [9.17, 15) is 18.0 Å². The first-order valence-corrected chi connectivity index (χ1v) is 3.61. The Morgan fingerprint density at radius 3 is 2.54 bits per heavy atom. The van der Waals surface area contributed by atoms with E-state index in [1.807, 2.05) is 0 Å². The second kappa shape index (κ2) is 5.76. The second-order valence-corrected chi connectivity index (χ2v) is 2.20. The minimum Gasteiger partial charge on any atom is -0.361 e. The van der Waals surface area contributed by atoms with Crippen LogP contribution in [0.1, 0.15) is 6.42 Å². The van der Waals surface area contributed by atoms with E-state index in [2.05, 4.69) is 4.74 Å². The van der Waals surface area contributed by atoms with E-state index in [1.165, 1.54) is 0 Å². The van der Waals surface area contributed by atoms with Gasteiger partial charge < -0.3 is 15.8 Å². The van der Waals surface area contributed by atoms with Crippen LogP contribution in [0.4, 0.5) is 13.2 Å². The molecule has 3 N–H and O–H groups in total. The summed E-state index contributed by atoms with van der Waals surface area (Å²) >= 11 is 0. The molecule has 0 saturated heterocycles. The first kappa shape index (κ1) is 12.2. The van der Waals surface area contributed by atoms with Crippen molar-refractivity contribution in [2.24, 2.45) is 5.73 Å². The van der Waals surface area contributed by atoms with Gasteiger partial charge in [-0.25, -0.2) is 0 Å². The second-order valence-electron chi connectivity index (χ2n) is 2.20. The molecule has 78 valence electrons. The molecule has 4 nitrogen and oxygen atoms in total. The predicted molar refractivity (Wildman–Crippen MR) is 38.7 cm³/mol. The van der Waals surface area contributed by atoms with Crippen LogP contribution in [0.3, 0.4) is 0 Å². The van der Waals surface area contributed by atoms with Crippen LogP contribution < -0.4 is 11.1 Å². The van der Waals surface area contributed by atoms with Gasteiger partial charge in [0.15, 0.2) is 0 Å². The largest absolute Gasteiger partial charge is 0.471 e. The summed E-state index contributed by atoms with van der Waals surface area (Å²) in [4.78, 5) is 10.2. The fourth-order valence-electron chi connectivity index (χ4n) is 0.474. The summed E-state index contributed by atoms with van der Waals surface area (Å²) in [5, 5.41) is 1.55. The first-order chi connectivity index (χ1) is 5.98. The van der Waals surface area contributed by atoms with Gasteiger partial charge in [0.2, 0.25) is 0 Å². The van der Waals surface area contributed by atoms with Gasteiger partial charge in [0.05, 0.1) is 6.61 Å². The number of carbonyl (C=O) groups is 1. The van der Waals surface area contributed by atoms with Crippen molar-refractivity contribution in [3.8, 4) is 0 Å². The average molecular weight is 200 g/mol. The summed E-state index contributed by atoms with van der Waals surface area (Å²) < 4.78 is 39.2. The molecule has 7 heteroatoms. The lowest BCUT2D eigenvalue weighted by Gasteiger charge is -2.07. The topological polar surface area (TPSA) is 64.3 Å². The van der Waals surface area contributed by atoms with Crippen molar-refractivity contribution in [1.29, 1.82) is 0 Å². The Morgan fingerprint density at radius 2 is 2.08 bits per heavy atom. The van der Waals surface area contributed by atoms with Gasteiger partial charge in [-0.05, 0) is 13.0 Å². The highest BCUT2D eigenvalue weighted by Gasteiger charge is 2.38. The van der Waals surface area contributed by atoms with E-state index in [0.717, 1.165) is 0 Å². The van der Waals surface area contributed by atoms with Gasteiger partial charge in [-0.15, -0.1) is 0 Å². The zero-order chi connectivity index (χ0) is 10.3. The third-order valence-electron chi connectivity index (χ3n) is 1.09. The Hall–Kier alpha value is -0.820. The van der Waals surface area contributed by atoms with Gasteiger partial charge in [-0.2, -0.15) is 13.2 Å². The quantitative estimate of drug-likeness (QED) is 0.484. The van der Waals surface area contributed by atoms with Crippen LogP contribution in [0.15, 0.2) is 0 Å². The molecule has 0 aromatic carbocycles. The van der Waals surface area contributed by atoms with Crippen LogP contribution in [0.2, 0.25) is 0 Å². The number of hydrogen-bond donors (Lipinski definition) is 2. The van der Waals surface area contributed by atoms with Crippen molar-refractivity contribution in [1.82, 2.24) is 5.32 Å². The van der Waals surface area contributed by atoms with Crippen molar-refractivity contribution in [2.75, 3.05) is 19.9 Å². The molecule has 0 heterocycles. The van der Waals surface area contributed by atoms with E-state index in [0.29, 0.717) is 13.0 Å². The standard InChI is InChI=1S/C6H11F3N2O2/c7-6(8,9)5(12)11-4-13-3-1-2-10/h1-4,10H2,(H,11,12). The molecule has 0 unspecified atom stereocenters. The molecule has 13 heavy (non-hydrogen) atoms. The van der Waals surface area contributed by atoms with Crippen LogP contribution in [0.25, 0.3) is 0 Å². The summed E-state index contributed by atoms with van der Waals surface area (Å²) in [5.41, 5.74) is 5.09. The minimum atomic E-state index is -4.85. The van der Waals surface area contributed by atoms with Gasteiger partial charge in [-0.1, -0.05) is 0 Å². The van der Waals surface area contributed by atoms with E-state index in [4.69, 9.17) is 5.73 Å². The summed E-state index contributed by atoms with van der Waals surface area (Å²) in [6, 6.07) is 0. The maximum atomic E-state index is 11.5. The minimum absolute atomic E-state index is 0.231. The van der Waals surface area contributed by atoms with Crippen molar-refractivity contribution < 1.29 is 22.7 Å². The number of ether oxygens (including phenoxy) is 1. The van der Waals surface area contributed by atoms with Crippen molar-refractivity contribution in [3.05, 3.63) is 0 Å². The molecule has 0 spiro atoms. The highest BCUT2D eigenvalue weighted by Crippen LogP contribution is 2.13. The third kappa shape index (κ3) is 6.35. The molecule has 0 atom stereocenters. The zero-order valence-corrected chi connectivity index (χ0v) is 6.86.